The van der Waals surface area contributed by atoms with Crippen molar-refractivity contribution in [3.63, 3.8) is 0 Å². The van der Waals surface area contributed by atoms with Crippen LogP contribution in [0.25, 0.3) is 0 Å². The molecule has 4 nitrogen and oxygen atoms in total. The summed E-state index contributed by atoms with van der Waals surface area (Å²) in [6.07, 6.45) is 0.696. The SMILES string of the molecule is CCc1nn(C)c(C(=O)N[C@@H](c2ccccc2)C(C)(C)C)c1Cl. The highest BCUT2D eigenvalue weighted by molar-refractivity contribution is 6.34. The van der Waals surface area contributed by atoms with Crippen LogP contribution in [0.15, 0.2) is 30.3 Å². The molecule has 0 aliphatic carbocycles. The summed E-state index contributed by atoms with van der Waals surface area (Å²) in [4.78, 5) is 12.8. The molecule has 0 unspecified atom stereocenters. The highest BCUT2D eigenvalue weighted by atomic mass is 35.5. The van der Waals surface area contributed by atoms with Gasteiger partial charge in [-0.1, -0.05) is 69.6 Å². The number of aromatic nitrogens is 2. The second-order valence-electron chi connectivity index (χ2n) is 6.77. The topological polar surface area (TPSA) is 46.9 Å². The van der Waals surface area contributed by atoms with Crippen molar-refractivity contribution < 1.29 is 4.79 Å². The molecule has 0 aliphatic rings. The molecule has 1 aromatic carbocycles. The van der Waals surface area contributed by atoms with Crippen molar-refractivity contribution in [2.75, 3.05) is 0 Å². The zero-order valence-corrected chi connectivity index (χ0v) is 15.1. The van der Waals surface area contributed by atoms with Crippen LogP contribution in [0.4, 0.5) is 0 Å². The Morgan fingerprint density at radius 2 is 1.91 bits per heavy atom. The van der Waals surface area contributed by atoms with E-state index in [0.29, 0.717) is 17.1 Å². The molecule has 2 rings (SSSR count). The summed E-state index contributed by atoms with van der Waals surface area (Å²) in [7, 11) is 1.74. The molecule has 124 valence electrons. The highest BCUT2D eigenvalue weighted by Gasteiger charge is 2.30. The largest absolute Gasteiger partial charge is 0.343 e. The standard InChI is InChI=1S/C18H24ClN3O/c1-6-13-14(19)15(22(5)21-13)17(23)20-16(18(2,3)4)12-10-8-7-9-11-12/h7-11,16H,6H2,1-5H3,(H,20,23)/t16-/m0/s1. The number of nitrogens with one attached hydrogen (secondary N) is 1. The minimum Gasteiger partial charge on any atom is -0.343 e. The third-order valence-electron chi connectivity index (χ3n) is 3.88. The fraction of sp³-hybridized carbons (Fsp3) is 0.444. The molecule has 0 radical (unpaired) electrons. The van der Waals surface area contributed by atoms with Gasteiger partial charge in [0.25, 0.3) is 5.91 Å². The number of halogens is 1. The lowest BCUT2D eigenvalue weighted by molar-refractivity contribution is 0.0892. The number of hydrogen-bond acceptors (Lipinski definition) is 2. The summed E-state index contributed by atoms with van der Waals surface area (Å²) in [6.45, 7) is 8.28. The van der Waals surface area contributed by atoms with E-state index in [0.717, 1.165) is 11.3 Å². The van der Waals surface area contributed by atoms with E-state index in [-0.39, 0.29) is 17.4 Å². The van der Waals surface area contributed by atoms with Crippen molar-refractivity contribution in [2.45, 2.75) is 40.2 Å². The van der Waals surface area contributed by atoms with Gasteiger partial charge in [0, 0.05) is 7.05 Å². The average Bonchev–Trinajstić information content (AvgIpc) is 2.78. The molecule has 0 saturated heterocycles. The second-order valence-corrected chi connectivity index (χ2v) is 7.15. The Balaban J connectivity index is 2.34. The number of aryl methyl sites for hydroxylation is 2. The maximum atomic E-state index is 12.8. The van der Waals surface area contributed by atoms with Gasteiger partial charge in [0.05, 0.1) is 16.8 Å². The summed E-state index contributed by atoms with van der Waals surface area (Å²) in [5, 5.41) is 7.88. The third-order valence-corrected chi connectivity index (χ3v) is 4.28. The smallest absolute Gasteiger partial charge is 0.271 e. The van der Waals surface area contributed by atoms with E-state index in [9.17, 15) is 4.79 Å². The van der Waals surface area contributed by atoms with Crippen LogP contribution in [-0.4, -0.2) is 15.7 Å². The lowest BCUT2D eigenvalue weighted by Crippen LogP contribution is -2.37. The normalized spacial score (nSPS) is 13.0. The molecule has 23 heavy (non-hydrogen) atoms. The van der Waals surface area contributed by atoms with E-state index in [2.05, 4.69) is 31.2 Å². The van der Waals surface area contributed by atoms with Crippen LogP contribution in [0.3, 0.4) is 0 Å². The summed E-state index contributed by atoms with van der Waals surface area (Å²) in [6, 6.07) is 9.86. The summed E-state index contributed by atoms with van der Waals surface area (Å²) < 4.78 is 1.56. The molecule has 1 heterocycles. The molecule has 5 heteroatoms. The zero-order chi connectivity index (χ0) is 17.2. The van der Waals surface area contributed by atoms with E-state index in [1.807, 2.05) is 37.3 Å². The van der Waals surface area contributed by atoms with Gasteiger partial charge in [-0.3, -0.25) is 9.48 Å². The van der Waals surface area contributed by atoms with Crippen LogP contribution in [0.5, 0.6) is 0 Å². The van der Waals surface area contributed by atoms with Gasteiger partial charge in [0.2, 0.25) is 0 Å². The Morgan fingerprint density at radius 3 is 2.39 bits per heavy atom. The van der Waals surface area contributed by atoms with Crippen molar-refractivity contribution in [2.24, 2.45) is 12.5 Å². The van der Waals surface area contributed by atoms with Crippen molar-refractivity contribution in [3.8, 4) is 0 Å². The van der Waals surface area contributed by atoms with Gasteiger partial charge in [-0.15, -0.1) is 0 Å². The predicted molar refractivity (Wildman–Crippen MR) is 93.7 cm³/mol. The Bertz CT molecular complexity index is 686. The number of hydrogen-bond donors (Lipinski definition) is 1. The summed E-state index contributed by atoms with van der Waals surface area (Å²) in [5.41, 5.74) is 2.10. The molecule has 0 bridgehead atoms. The molecule has 0 fully saturated rings. The molecule has 0 aliphatic heterocycles. The van der Waals surface area contributed by atoms with Crippen LogP contribution in [0.1, 0.15) is 55.5 Å². The molecule has 1 N–H and O–H groups in total. The zero-order valence-electron chi connectivity index (χ0n) is 14.4. The second kappa shape index (κ2) is 6.75. The first-order chi connectivity index (χ1) is 10.8. The van der Waals surface area contributed by atoms with E-state index in [4.69, 9.17) is 11.6 Å². The van der Waals surface area contributed by atoms with Gasteiger partial charge < -0.3 is 5.32 Å². The molecular weight excluding hydrogens is 310 g/mol. The van der Waals surface area contributed by atoms with Crippen molar-refractivity contribution in [3.05, 3.63) is 52.3 Å². The minimum atomic E-state index is -0.200. The molecule has 2 aromatic rings. The minimum absolute atomic E-state index is 0.118. The van der Waals surface area contributed by atoms with Crippen LogP contribution in [0.2, 0.25) is 5.02 Å². The lowest BCUT2D eigenvalue weighted by Gasteiger charge is -2.32. The van der Waals surface area contributed by atoms with E-state index in [1.165, 1.54) is 0 Å². The van der Waals surface area contributed by atoms with Crippen molar-refractivity contribution >= 4 is 17.5 Å². The first-order valence-corrected chi connectivity index (χ1v) is 8.20. The summed E-state index contributed by atoms with van der Waals surface area (Å²) >= 11 is 6.32. The van der Waals surface area contributed by atoms with Gasteiger partial charge in [-0.05, 0) is 17.4 Å². The number of amides is 1. The van der Waals surface area contributed by atoms with Gasteiger partial charge >= 0.3 is 0 Å². The molecular formula is C18H24ClN3O. The molecule has 0 spiro atoms. The van der Waals surface area contributed by atoms with Gasteiger partial charge in [0.15, 0.2) is 0 Å². The molecule has 0 saturated carbocycles. The van der Waals surface area contributed by atoms with Crippen molar-refractivity contribution in [1.29, 1.82) is 0 Å². The quantitative estimate of drug-likeness (QED) is 0.913. The van der Waals surface area contributed by atoms with Crippen LogP contribution >= 0.6 is 11.6 Å². The Kier molecular flexibility index (Phi) is 5.15. The van der Waals surface area contributed by atoms with Crippen LogP contribution in [0, 0.1) is 5.41 Å². The fourth-order valence-corrected chi connectivity index (χ4v) is 3.05. The third kappa shape index (κ3) is 3.75. The lowest BCUT2D eigenvalue weighted by atomic mass is 9.82. The Hall–Kier alpha value is -1.81. The van der Waals surface area contributed by atoms with Crippen molar-refractivity contribution in [1.82, 2.24) is 15.1 Å². The van der Waals surface area contributed by atoms with E-state index >= 15 is 0 Å². The number of nitrogens with zero attached hydrogens (tertiary/aromatic N) is 2. The van der Waals surface area contributed by atoms with Gasteiger partial charge in [0.1, 0.15) is 5.69 Å². The number of carbonyl (C=O) groups is 1. The summed E-state index contributed by atoms with van der Waals surface area (Å²) in [5.74, 6) is -0.200. The Morgan fingerprint density at radius 1 is 1.30 bits per heavy atom. The number of carbonyl (C=O) groups excluding carboxylic acids is 1. The molecule has 1 atom stereocenters. The monoisotopic (exact) mass is 333 g/mol. The van der Waals surface area contributed by atoms with Crippen LogP contribution in [-0.2, 0) is 13.5 Å². The van der Waals surface area contributed by atoms with Gasteiger partial charge in [-0.2, -0.15) is 5.10 Å². The maximum absolute atomic E-state index is 12.8. The van der Waals surface area contributed by atoms with Gasteiger partial charge in [-0.25, -0.2) is 0 Å². The maximum Gasteiger partial charge on any atom is 0.271 e. The first kappa shape index (κ1) is 17.5. The Labute approximate surface area is 142 Å². The van der Waals surface area contributed by atoms with E-state index in [1.54, 1.807) is 11.7 Å². The fourth-order valence-electron chi connectivity index (χ4n) is 2.67. The highest BCUT2D eigenvalue weighted by Crippen LogP contribution is 2.33. The first-order valence-electron chi connectivity index (χ1n) is 7.82. The van der Waals surface area contributed by atoms with Crippen LogP contribution < -0.4 is 5.32 Å². The molecule has 1 amide bonds. The molecule has 1 aromatic heterocycles. The predicted octanol–water partition coefficient (Wildman–Crippen LogP) is 4.15. The average molecular weight is 334 g/mol. The number of rotatable bonds is 4. The number of benzene rings is 1. The van der Waals surface area contributed by atoms with E-state index < -0.39 is 0 Å².